The molecule has 88 valence electrons. The van der Waals surface area contributed by atoms with Crippen molar-refractivity contribution in [2.75, 3.05) is 6.54 Å². The van der Waals surface area contributed by atoms with Gasteiger partial charge in [-0.15, -0.1) is 0 Å². The topological polar surface area (TPSA) is 62.5 Å². The van der Waals surface area contributed by atoms with Gasteiger partial charge < -0.3 is 14.8 Å². The van der Waals surface area contributed by atoms with Crippen LogP contribution in [-0.2, 0) is 0 Å². The van der Waals surface area contributed by atoms with Crippen molar-refractivity contribution in [3.63, 3.8) is 0 Å². The van der Waals surface area contributed by atoms with Crippen LogP contribution < -0.4 is 5.32 Å². The van der Waals surface area contributed by atoms with E-state index in [1.54, 1.807) is 6.07 Å². The van der Waals surface area contributed by atoms with Gasteiger partial charge in [0.25, 0.3) is 5.91 Å². The molecule has 0 saturated heterocycles. The number of aliphatic hydroxyl groups is 1. The number of rotatable bonds is 3. The van der Waals surface area contributed by atoms with Crippen LogP contribution in [0.1, 0.15) is 42.5 Å². The first-order valence-electron chi connectivity index (χ1n) is 5.72. The third kappa shape index (κ3) is 2.64. The van der Waals surface area contributed by atoms with Gasteiger partial charge in [-0.3, -0.25) is 4.79 Å². The van der Waals surface area contributed by atoms with Crippen LogP contribution in [0.3, 0.4) is 0 Å². The summed E-state index contributed by atoms with van der Waals surface area (Å²) in [5, 5.41) is 12.9. The van der Waals surface area contributed by atoms with Gasteiger partial charge in [-0.05, 0) is 18.9 Å². The fourth-order valence-electron chi connectivity index (χ4n) is 2.13. The van der Waals surface area contributed by atoms with Gasteiger partial charge in [-0.25, -0.2) is 0 Å². The summed E-state index contributed by atoms with van der Waals surface area (Å²) in [5.74, 6) is -0.187. The number of furan rings is 1. The molecule has 16 heavy (non-hydrogen) atoms. The largest absolute Gasteiger partial charge is 0.472 e. The average Bonchev–Trinajstić information content (AvgIpc) is 2.80. The number of amides is 1. The van der Waals surface area contributed by atoms with E-state index in [4.69, 9.17) is 4.42 Å². The molecule has 0 spiro atoms. The molecule has 1 aliphatic carbocycles. The molecule has 4 heteroatoms. The fraction of sp³-hybridized carbons (Fsp3) is 0.583. The number of hydrogen-bond acceptors (Lipinski definition) is 3. The van der Waals surface area contributed by atoms with Crippen LogP contribution in [0, 0.1) is 0 Å². The summed E-state index contributed by atoms with van der Waals surface area (Å²) < 4.78 is 4.83. The molecular formula is C12H17NO3. The predicted octanol–water partition coefficient (Wildman–Crippen LogP) is 1.70. The van der Waals surface area contributed by atoms with Crippen molar-refractivity contribution >= 4 is 5.91 Å². The second-order valence-corrected chi connectivity index (χ2v) is 4.48. The van der Waals surface area contributed by atoms with Gasteiger partial charge in [0.2, 0.25) is 0 Å². The molecule has 1 aromatic heterocycles. The maximum absolute atomic E-state index is 11.6. The van der Waals surface area contributed by atoms with Crippen LogP contribution in [0.4, 0.5) is 0 Å². The van der Waals surface area contributed by atoms with Gasteiger partial charge in [0.15, 0.2) is 0 Å². The lowest BCUT2D eigenvalue weighted by Crippen LogP contribution is -2.44. The van der Waals surface area contributed by atoms with E-state index in [0.29, 0.717) is 12.1 Å². The quantitative estimate of drug-likeness (QED) is 0.819. The maximum atomic E-state index is 11.6. The van der Waals surface area contributed by atoms with Crippen LogP contribution in [0.2, 0.25) is 0 Å². The molecule has 0 atom stereocenters. The van der Waals surface area contributed by atoms with Crippen molar-refractivity contribution in [2.45, 2.75) is 37.7 Å². The first kappa shape index (κ1) is 11.2. The zero-order valence-electron chi connectivity index (χ0n) is 9.24. The van der Waals surface area contributed by atoms with Crippen LogP contribution in [-0.4, -0.2) is 23.2 Å². The van der Waals surface area contributed by atoms with E-state index in [9.17, 15) is 9.90 Å². The van der Waals surface area contributed by atoms with Crippen molar-refractivity contribution in [3.8, 4) is 0 Å². The molecule has 1 aromatic rings. The molecule has 0 aliphatic heterocycles. The van der Waals surface area contributed by atoms with E-state index in [1.807, 2.05) is 0 Å². The summed E-state index contributed by atoms with van der Waals surface area (Å²) in [7, 11) is 0. The first-order chi connectivity index (χ1) is 7.70. The van der Waals surface area contributed by atoms with E-state index >= 15 is 0 Å². The summed E-state index contributed by atoms with van der Waals surface area (Å²) in [6.45, 7) is 0.330. The van der Waals surface area contributed by atoms with E-state index < -0.39 is 5.60 Å². The molecule has 1 amide bonds. The summed E-state index contributed by atoms with van der Waals surface area (Å²) in [6.07, 6.45) is 7.68. The fourth-order valence-corrected chi connectivity index (χ4v) is 2.13. The highest BCUT2D eigenvalue weighted by Crippen LogP contribution is 2.27. The Hall–Kier alpha value is -1.29. The molecule has 2 rings (SSSR count). The summed E-state index contributed by atoms with van der Waals surface area (Å²) in [6, 6.07) is 1.61. The molecule has 0 unspecified atom stereocenters. The van der Waals surface area contributed by atoms with Gasteiger partial charge in [0.05, 0.1) is 17.4 Å². The van der Waals surface area contributed by atoms with Crippen LogP contribution in [0.5, 0.6) is 0 Å². The van der Waals surface area contributed by atoms with Crippen LogP contribution in [0.25, 0.3) is 0 Å². The second-order valence-electron chi connectivity index (χ2n) is 4.48. The Morgan fingerprint density at radius 1 is 1.44 bits per heavy atom. The van der Waals surface area contributed by atoms with E-state index in [0.717, 1.165) is 25.7 Å². The van der Waals surface area contributed by atoms with Crippen LogP contribution >= 0.6 is 0 Å². The Labute approximate surface area is 94.6 Å². The zero-order chi connectivity index (χ0) is 11.4. The second kappa shape index (κ2) is 4.70. The van der Waals surface area contributed by atoms with Gasteiger partial charge in [0, 0.05) is 6.54 Å². The highest BCUT2D eigenvalue weighted by molar-refractivity contribution is 5.93. The predicted molar refractivity (Wildman–Crippen MR) is 59.1 cm³/mol. The lowest BCUT2D eigenvalue weighted by atomic mass is 9.85. The monoisotopic (exact) mass is 223 g/mol. The van der Waals surface area contributed by atoms with E-state index in [1.165, 1.54) is 18.9 Å². The maximum Gasteiger partial charge on any atom is 0.254 e. The zero-order valence-corrected chi connectivity index (χ0v) is 9.24. The minimum Gasteiger partial charge on any atom is -0.472 e. The Bertz CT molecular complexity index is 339. The first-order valence-corrected chi connectivity index (χ1v) is 5.72. The van der Waals surface area contributed by atoms with Crippen molar-refractivity contribution in [1.29, 1.82) is 0 Å². The Kier molecular flexibility index (Phi) is 3.29. The Morgan fingerprint density at radius 3 is 2.81 bits per heavy atom. The molecule has 0 radical (unpaired) electrons. The molecular weight excluding hydrogens is 206 g/mol. The number of carbonyl (C=O) groups excluding carboxylic acids is 1. The molecule has 0 bridgehead atoms. The molecule has 1 aliphatic rings. The van der Waals surface area contributed by atoms with E-state index in [-0.39, 0.29) is 5.91 Å². The SMILES string of the molecule is O=C(NCC1(O)CCCCC1)c1ccoc1. The Balaban J connectivity index is 1.84. The summed E-state index contributed by atoms with van der Waals surface area (Å²) in [5.41, 5.74) is -0.211. The summed E-state index contributed by atoms with van der Waals surface area (Å²) in [4.78, 5) is 11.6. The Morgan fingerprint density at radius 2 is 2.19 bits per heavy atom. The average molecular weight is 223 g/mol. The lowest BCUT2D eigenvalue weighted by molar-refractivity contribution is 0.00525. The molecule has 1 saturated carbocycles. The van der Waals surface area contributed by atoms with Crippen molar-refractivity contribution in [3.05, 3.63) is 24.2 Å². The molecule has 1 fully saturated rings. The van der Waals surface area contributed by atoms with Crippen molar-refractivity contribution in [1.82, 2.24) is 5.32 Å². The van der Waals surface area contributed by atoms with Gasteiger partial charge in [-0.1, -0.05) is 19.3 Å². The molecule has 0 aromatic carbocycles. The van der Waals surface area contributed by atoms with Crippen molar-refractivity contribution in [2.24, 2.45) is 0 Å². The third-order valence-corrected chi connectivity index (χ3v) is 3.15. The normalized spacial score (nSPS) is 19.3. The number of nitrogens with one attached hydrogen (secondary N) is 1. The van der Waals surface area contributed by atoms with Crippen molar-refractivity contribution < 1.29 is 14.3 Å². The highest BCUT2D eigenvalue weighted by atomic mass is 16.3. The molecule has 1 heterocycles. The van der Waals surface area contributed by atoms with Gasteiger partial charge in [0.1, 0.15) is 6.26 Å². The lowest BCUT2D eigenvalue weighted by Gasteiger charge is -2.32. The van der Waals surface area contributed by atoms with E-state index in [2.05, 4.69) is 5.32 Å². The van der Waals surface area contributed by atoms with Gasteiger partial charge in [-0.2, -0.15) is 0 Å². The minimum atomic E-state index is -0.711. The minimum absolute atomic E-state index is 0.187. The van der Waals surface area contributed by atoms with Crippen LogP contribution in [0.15, 0.2) is 23.0 Å². The molecule has 2 N–H and O–H groups in total. The summed E-state index contributed by atoms with van der Waals surface area (Å²) >= 11 is 0. The van der Waals surface area contributed by atoms with Gasteiger partial charge >= 0.3 is 0 Å². The highest BCUT2D eigenvalue weighted by Gasteiger charge is 2.29. The smallest absolute Gasteiger partial charge is 0.254 e. The number of carbonyl (C=O) groups is 1. The standard InChI is InChI=1S/C12H17NO3/c14-11(10-4-7-16-8-10)13-9-12(15)5-2-1-3-6-12/h4,7-8,15H,1-3,5-6,9H2,(H,13,14). The third-order valence-electron chi connectivity index (χ3n) is 3.15. The molecule has 4 nitrogen and oxygen atoms in total. The number of hydrogen-bond donors (Lipinski definition) is 2.